The van der Waals surface area contributed by atoms with E-state index in [1.54, 1.807) is 24.8 Å². The number of thiazole rings is 1. The predicted molar refractivity (Wildman–Crippen MR) is 180 cm³/mol. The van der Waals surface area contributed by atoms with E-state index in [1.165, 1.54) is 55.5 Å². The highest BCUT2D eigenvalue weighted by atomic mass is 32.1. The molecule has 3 aromatic heterocycles. The van der Waals surface area contributed by atoms with Crippen LogP contribution in [0.5, 0.6) is 11.6 Å². The monoisotopic (exact) mass is 669 g/mol. The number of halogens is 1. The zero-order chi connectivity index (χ0) is 32.5. The molecular formula is C35H40FN9O2S. The number of nitrogens with zero attached hydrogens (tertiary/aromatic N) is 8. The molecule has 4 fully saturated rings. The van der Waals surface area contributed by atoms with E-state index in [0.717, 1.165) is 76.1 Å². The van der Waals surface area contributed by atoms with Gasteiger partial charge in [-0.1, -0.05) is 0 Å². The van der Waals surface area contributed by atoms with E-state index in [1.807, 2.05) is 5.38 Å². The van der Waals surface area contributed by atoms with Crippen molar-refractivity contribution < 1.29 is 13.9 Å². The maximum atomic E-state index is 14.5. The minimum absolute atomic E-state index is 0.0345. The van der Waals surface area contributed by atoms with Gasteiger partial charge in [0.05, 0.1) is 5.69 Å². The van der Waals surface area contributed by atoms with E-state index < -0.39 is 0 Å². The van der Waals surface area contributed by atoms with Gasteiger partial charge in [0.2, 0.25) is 0 Å². The van der Waals surface area contributed by atoms with Gasteiger partial charge in [0.25, 0.3) is 11.8 Å². The van der Waals surface area contributed by atoms with Crippen molar-refractivity contribution in [2.75, 3.05) is 37.6 Å². The van der Waals surface area contributed by atoms with Crippen molar-refractivity contribution in [2.24, 2.45) is 11.3 Å². The summed E-state index contributed by atoms with van der Waals surface area (Å²) in [5.41, 5.74) is 2.71. The van der Waals surface area contributed by atoms with Crippen LogP contribution >= 0.6 is 11.3 Å². The van der Waals surface area contributed by atoms with Crippen molar-refractivity contribution in [1.29, 1.82) is 0 Å². The Balaban J connectivity index is 0.869. The van der Waals surface area contributed by atoms with Gasteiger partial charge in [-0.3, -0.25) is 4.79 Å². The van der Waals surface area contributed by atoms with Gasteiger partial charge in [-0.05, 0) is 100 Å². The summed E-state index contributed by atoms with van der Waals surface area (Å²) in [4.78, 5) is 34.8. The Morgan fingerprint density at radius 1 is 1.00 bits per heavy atom. The second kappa shape index (κ2) is 13.4. The van der Waals surface area contributed by atoms with Gasteiger partial charge in [-0.25, -0.2) is 24.3 Å². The molecule has 4 aliphatic rings. The van der Waals surface area contributed by atoms with Gasteiger partial charge < -0.3 is 19.9 Å². The first-order valence-corrected chi connectivity index (χ1v) is 18.0. The zero-order valence-electron chi connectivity index (χ0n) is 26.9. The van der Waals surface area contributed by atoms with Crippen LogP contribution in [0.2, 0.25) is 0 Å². The summed E-state index contributed by atoms with van der Waals surface area (Å²) in [6, 6.07) is 4.76. The van der Waals surface area contributed by atoms with E-state index in [2.05, 4.69) is 45.2 Å². The van der Waals surface area contributed by atoms with Crippen molar-refractivity contribution in [2.45, 2.75) is 69.7 Å². The number of nitrogens with one attached hydrogen (secondary N) is 1. The smallest absolute Gasteiger partial charge is 0.282 e. The first kappa shape index (κ1) is 31.2. The van der Waals surface area contributed by atoms with Crippen molar-refractivity contribution in [3.8, 4) is 22.8 Å². The SMILES string of the molecule is O=C(NC1CCC2(CC1)CCN(C[C@@H]1CCN(c3ncnnc3Oc3ccc(F)cc3-c3cncnc3C3CC3)C1)CC2)c1nccs1. The maximum Gasteiger partial charge on any atom is 0.282 e. The minimum atomic E-state index is -0.352. The second-order valence-electron chi connectivity index (χ2n) is 13.9. The van der Waals surface area contributed by atoms with Gasteiger partial charge >= 0.3 is 0 Å². The third-order valence-corrected chi connectivity index (χ3v) is 11.5. The Morgan fingerprint density at radius 3 is 2.65 bits per heavy atom. The van der Waals surface area contributed by atoms with E-state index in [4.69, 9.17) is 4.74 Å². The molecule has 5 heterocycles. The fourth-order valence-corrected chi connectivity index (χ4v) is 8.42. The standard InChI is InChI=1S/C35H40FN9O2S/c36-25-3-4-29(27(17-25)28-18-37-21-39-30(28)24-1-2-24)47-33-31(40-22-41-43-33)45-13-7-23(20-45)19-44-14-10-35(11-15-44)8-5-26(6-9-35)42-32(46)34-38-12-16-48-34/h3-4,12,16-18,21-24,26H,1-2,5-11,13-15,19-20H2,(H,42,46)/t23-/m0/s1. The molecule has 0 bridgehead atoms. The number of rotatable bonds is 9. The molecule has 1 N–H and O–H groups in total. The lowest BCUT2D eigenvalue weighted by Gasteiger charge is -2.46. The van der Waals surface area contributed by atoms with E-state index in [-0.39, 0.29) is 17.8 Å². The summed E-state index contributed by atoms with van der Waals surface area (Å²) in [6.07, 6.45) is 16.5. The highest BCUT2D eigenvalue weighted by Crippen LogP contribution is 2.46. The molecule has 0 unspecified atom stereocenters. The number of likely N-dealkylation sites (tertiary alicyclic amines) is 1. The summed E-state index contributed by atoms with van der Waals surface area (Å²) >= 11 is 1.39. The number of amides is 1. The molecule has 13 heteroatoms. The summed E-state index contributed by atoms with van der Waals surface area (Å²) in [5.74, 6) is 1.94. The predicted octanol–water partition coefficient (Wildman–Crippen LogP) is 5.88. The molecule has 0 radical (unpaired) electrons. The number of hydrogen-bond acceptors (Lipinski definition) is 11. The molecule has 48 heavy (non-hydrogen) atoms. The van der Waals surface area contributed by atoms with Gasteiger partial charge in [0.15, 0.2) is 10.8 Å². The van der Waals surface area contributed by atoms with Crippen LogP contribution in [0.3, 0.4) is 0 Å². The Bertz CT molecular complexity index is 1740. The molecule has 2 saturated heterocycles. The molecular weight excluding hydrogens is 630 g/mol. The first-order chi connectivity index (χ1) is 23.5. The fraction of sp³-hybridized carbons (Fsp3) is 0.514. The molecule has 8 rings (SSSR count). The van der Waals surface area contributed by atoms with Gasteiger partial charge in [0, 0.05) is 60.5 Å². The largest absolute Gasteiger partial charge is 0.434 e. The van der Waals surface area contributed by atoms with E-state index in [0.29, 0.717) is 45.3 Å². The molecule has 250 valence electrons. The molecule has 4 aromatic rings. The number of piperidine rings is 1. The second-order valence-corrected chi connectivity index (χ2v) is 14.8. The van der Waals surface area contributed by atoms with Gasteiger partial charge in [-0.2, -0.15) is 0 Å². The quantitative estimate of drug-likeness (QED) is 0.231. The van der Waals surface area contributed by atoms with Crippen LogP contribution in [0.15, 0.2) is 48.6 Å². The number of anilines is 1. The average molecular weight is 670 g/mol. The number of hydrogen-bond donors (Lipinski definition) is 1. The molecule has 1 spiro atoms. The van der Waals surface area contributed by atoms with Crippen molar-refractivity contribution in [3.05, 3.63) is 65.1 Å². The highest BCUT2D eigenvalue weighted by molar-refractivity contribution is 7.11. The van der Waals surface area contributed by atoms with Crippen LogP contribution in [0.25, 0.3) is 11.1 Å². The van der Waals surface area contributed by atoms with Crippen LogP contribution in [-0.2, 0) is 0 Å². The molecule has 2 aliphatic carbocycles. The third-order valence-electron chi connectivity index (χ3n) is 10.7. The summed E-state index contributed by atoms with van der Waals surface area (Å²) < 4.78 is 20.9. The number of benzene rings is 1. The summed E-state index contributed by atoms with van der Waals surface area (Å²) in [7, 11) is 0. The van der Waals surface area contributed by atoms with Crippen LogP contribution in [0.4, 0.5) is 10.2 Å². The van der Waals surface area contributed by atoms with Crippen molar-refractivity contribution >= 4 is 23.1 Å². The van der Waals surface area contributed by atoms with Crippen LogP contribution in [0.1, 0.15) is 79.2 Å². The number of aromatic nitrogens is 6. The number of ether oxygens (including phenoxy) is 1. The zero-order valence-corrected chi connectivity index (χ0v) is 27.7. The van der Waals surface area contributed by atoms with E-state index >= 15 is 0 Å². The summed E-state index contributed by atoms with van der Waals surface area (Å²) in [6.45, 7) is 5.03. The lowest BCUT2D eigenvalue weighted by molar-refractivity contribution is 0.0511. The molecule has 11 nitrogen and oxygen atoms in total. The lowest BCUT2D eigenvalue weighted by atomic mass is 9.67. The van der Waals surface area contributed by atoms with Crippen LogP contribution in [-0.4, -0.2) is 79.7 Å². The third kappa shape index (κ3) is 6.75. The Labute approximate surface area is 283 Å². The van der Waals surface area contributed by atoms with Crippen LogP contribution in [0, 0.1) is 17.2 Å². The molecule has 1 aromatic carbocycles. The minimum Gasteiger partial charge on any atom is -0.434 e. The molecule has 1 atom stereocenters. The molecule has 1 amide bonds. The number of carbonyl (C=O) groups is 1. The van der Waals surface area contributed by atoms with Gasteiger partial charge in [0.1, 0.15) is 24.2 Å². The molecule has 2 aliphatic heterocycles. The average Bonchev–Trinajstić information content (AvgIpc) is 3.60. The first-order valence-electron chi connectivity index (χ1n) is 17.1. The fourth-order valence-electron chi connectivity index (χ4n) is 7.88. The topological polar surface area (TPSA) is 122 Å². The normalized spacial score (nSPS) is 21.4. The Kier molecular flexibility index (Phi) is 8.72. The Hall–Kier alpha value is -4.10. The van der Waals surface area contributed by atoms with Crippen molar-refractivity contribution in [1.82, 2.24) is 40.3 Å². The molecule has 2 saturated carbocycles. The maximum absolute atomic E-state index is 14.5. The van der Waals surface area contributed by atoms with Crippen LogP contribution < -0.4 is 15.0 Å². The number of carbonyl (C=O) groups excluding carboxylic acids is 1. The van der Waals surface area contributed by atoms with Gasteiger partial charge in [-0.15, -0.1) is 21.5 Å². The highest BCUT2D eigenvalue weighted by Gasteiger charge is 2.39. The Morgan fingerprint density at radius 2 is 1.85 bits per heavy atom. The van der Waals surface area contributed by atoms with E-state index in [9.17, 15) is 9.18 Å². The summed E-state index contributed by atoms with van der Waals surface area (Å²) in [5, 5.41) is 14.0. The van der Waals surface area contributed by atoms with Crippen molar-refractivity contribution in [3.63, 3.8) is 0 Å². The lowest BCUT2D eigenvalue weighted by Crippen LogP contribution is -2.46.